The lowest BCUT2D eigenvalue weighted by molar-refractivity contribution is -0.143. The van der Waals surface area contributed by atoms with Crippen molar-refractivity contribution >= 4 is 11.8 Å². The van der Waals surface area contributed by atoms with Gasteiger partial charge < -0.3 is 5.11 Å². The summed E-state index contributed by atoms with van der Waals surface area (Å²) in [5.74, 6) is -1.02. The van der Waals surface area contributed by atoms with Gasteiger partial charge in [0.1, 0.15) is 0 Å². The molecule has 1 N–H and O–H groups in total. The molecule has 1 fully saturated rings. The van der Waals surface area contributed by atoms with E-state index in [9.17, 15) is 9.59 Å². The van der Waals surface area contributed by atoms with Crippen LogP contribution in [0.3, 0.4) is 0 Å². The van der Waals surface area contributed by atoms with Crippen molar-refractivity contribution in [2.75, 3.05) is 19.6 Å². The standard InChI is InChI=1S/C16H21NO3/c1-11-5-6-13(8-12(11)2)15(18)10-17-7-3-4-14(9-17)16(19)20/h5-6,8,14H,3-4,7,9-10H2,1-2H3,(H,19,20). The summed E-state index contributed by atoms with van der Waals surface area (Å²) in [6, 6.07) is 5.72. The van der Waals surface area contributed by atoms with E-state index < -0.39 is 5.97 Å². The van der Waals surface area contributed by atoms with Gasteiger partial charge in [-0.3, -0.25) is 14.5 Å². The number of carbonyl (C=O) groups excluding carboxylic acids is 1. The summed E-state index contributed by atoms with van der Waals surface area (Å²) >= 11 is 0. The number of nitrogens with zero attached hydrogens (tertiary/aromatic N) is 1. The molecule has 0 saturated carbocycles. The molecule has 1 aromatic carbocycles. The predicted octanol–water partition coefficient (Wildman–Crippen LogP) is 2.28. The third-order valence-electron chi connectivity index (χ3n) is 4.05. The maximum absolute atomic E-state index is 12.3. The van der Waals surface area contributed by atoms with Crippen LogP contribution in [-0.4, -0.2) is 41.4 Å². The summed E-state index contributed by atoms with van der Waals surface area (Å²) in [6.07, 6.45) is 1.56. The number of carboxylic acids is 1. The smallest absolute Gasteiger partial charge is 0.307 e. The second-order valence-corrected chi connectivity index (χ2v) is 5.63. The zero-order valence-electron chi connectivity index (χ0n) is 12.1. The van der Waals surface area contributed by atoms with E-state index in [-0.39, 0.29) is 11.7 Å². The van der Waals surface area contributed by atoms with E-state index in [0.29, 0.717) is 25.1 Å². The van der Waals surface area contributed by atoms with Crippen LogP contribution in [0.1, 0.15) is 34.3 Å². The Kier molecular flexibility index (Phi) is 4.55. The Labute approximate surface area is 119 Å². The lowest BCUT2D eigenvalue weighted by Crippen LogP contribution is -2.41. The Morgan fingerprint density at radius 1 is 1.30 bits per heavy atom. The first kappa shape index (κ1) is 14.7. The minimum absolute atomic E-state index is 0.0686. The molecular formula is C16H21NO3. The van der Waals surface area contributed by atoms with Crippen LogP contribution < -0.4 is 0 Å². The molecule has 1 aliphatic rings. The van der Waals surface area contributed by atoms with Crippen molar-refractivity contribution in [1.82, 2.24) is 4.90 Å². The molecule has 1 saturated heterocycles. The van der Waals surface area contributed by atoms with Gasteiger partial charge in [-0.1, -0.05) is 12.1 Å². The van der Waals surface area contributed by atoms with Gasteiger partial charge in [-0.05, 0) is 50.4 Å². The molecule has 0 radical (unpaired) electrons. The molecule has 108 valence electrons. The zero-order valence-corrected chi connectivity index (χ0v) is 12.1. The highest BCUT2D eigenvalue weighted by atomic mass is 16.4. The minimum atomic E-state index is -0.756. The van der Waals surface area contributed by atoms with Gasteiger partial charge >= 0.3 is 5.97 Å². The molecule has 0 aromatic heterocycles. The Morgan fingerprint density at radius 2 is 2.05 bits per heavy atom. The Balaban J connectivity index is 2.00. The second-order valence-electron chi connectivity index (χ2n) is 5.63. The number of aryl methyl sites for hydroxylation is 2. The van der Waals surface area contributed by atoms with Crippen LogP contribution in [0.2, 0.25) is 0 Å². The van der Waals surface area contributed by atoms with Crippen molar-refractivity contribution < 1.29 is 14.7 Å². The lowest BCUT2D eigenvalue weighted by atomic mass is 9.97. The number of Topliss-reactive ketones (excluding diaryl/α,β-unsaturated/α-hetero) is 1. The summed E-state index contributed by atoms with van der Waals surface area (Å²) in [7, 11) is 0. The third-order valence-corrected chi connectivity index (χ3v) is 4.05. The molecule has 1 unspecified atom stereocenters. The molecule has 4 heteroatoms. The van der Waals surface area contributed by atoms with Crippen molar-refractivity contribution in [3.8, 4) is 0 Å². The quantitative estimate of drug-likeness (QED) is 0.856. The van der Waals surface area contributed by atoms with E-state index >= 15 is 0 Å². The van der Waals surface area contributed by atoms with E-state index in [1.165, 1.54) is 5.56 Å². The highest BCUT2D eigenvalue weighted by molar-refractivity contribution is 5.97. The van der Waals surface area contributed by atoms with Gasteiger partial charge in [0.05, 0.1) is 12.5 Å². The molecule has 0 bridgehead atoms. The van der Waals surface area contributed by atoms with Gasteiger partial charge in [0.2, 0.25) is 0 Å². The van der Waals surface area contributed by atoms with E-state index in [0.717, 1.165) is 18.5 Å². The lowest BCUT2D eigenvalue weighted by Gasteiger charge is -2.29. The summed E-state index contributed by atoms with van der Waals surface area (Å²) in [6.45, 7) is 5.61. The number of likely N-dealkylation sites (tertiary alicyclic amines) is 1. The maximum atomic E-state index is 12.3. The first-order valence-electron chi connectivity index (χ1n) is 7.03. The highest BCUT2D eigenvalue weighted by Gasteiger charge is 2.26. The van der Waals surface area contributed by atoms with Crippen LogP contribution in [0.4, 0.5) is 0 Å². The van der Waals surface area contributed by atoms with Crippen molar-refractivity contribution in [3.63, 3.8) is 0 Å². The van der Waals surface area contributed by atoms with Gasteiger partial charge in [-0.2, -0.15) is 0 Å². The first-order valence-corrected chi connectivity index (χ1v) is 7.03. The molecule has 1 heterocycles. The number of benzene rings is 1. The molecule has 1 atom stereocenters. The van der Waals surface area contributed by atoms with Crippen molar-refractivity contribution in [2.24, 2.45) is 5.92 Å². The molecule has 0 aliphatic carbocycles. The summed E-state index contributed by atoms with van der Waals surface area (Å²) in [4.78, 5) is 25.2. The Hall–Kier alpha value is -1.68. The molecule has 20 heavy (non-hydrogen) atoms. The van der Waals surface area contributed by atoms with E-state index in [4.69, 9.17) is 5.11 Å². The molecular weight excluding hydrogens is 254 g/mol. The summed E-state index contributed by atoms with van der Waals surface area (Å²) in [5.41, 5.74) is 2.99. The van der Waals surface area contributed by atoms with Crippen molar-refractivity contribution in [3.05, 3.63) is 34.9 Å². The number of hydrogen-bond acceptors (Lipinski definition) is 3. The maximum Gasteiger partial charge on any atom is 0.307 e. The normalized spacial score (nSPS) is 19.8. The number of carbonyl (C=O) groups is 2. The molecule has 1 aliphatic heterocycles. The second kappa shape index (κ2) is 6.18. The van der Waals surface area contributed by atoms with Gasteiger partial charge in [-0.15, -0.1) is 0 Å². The summed E-state index contributed by atoms with van der Waals surface area (Å²) < 4.78 is 0. The SMILES string of the molecule is Cc1ccc(C(=O)CN2CCCC(C(=O)O)C2)cc1C. The molecule has 0 spiro atoms. The fourth-order valence-electron chi connectivity index (χ4n) is 2.61. The van der Waals surface area contributed by atoms with Crippen LogP contribution in [0, 0.1) is 19.8 Å². The van der Waals surface area contributed by atoms with Gasteiger partial charge in [0.25, 0.3) is 0 Å². The molecule has 4 nitrogen and oxygen atoms in total. The van der Waals surface area contributed by atoms with Gasteiger partial charge in [0, 0.05) is 12.1 Å². The Morgan fingerprint density at radius 3 is 2.70 bits per heavy atom. The van der Waals surface area contributed by atoms with E-state index in [1.54, 1.807) is 0 Å². The highest BCUT2D eigenvalue weighted by Crippen LogP contribution is 2.17. The summed E-state index contributed by atoms with van der Waals surface area (Å²) in [5, 5.41) is 9.06. The number of rotatable bonds is 4. The van der Waals surface area contributed by atoms with Crippen LogP contribution in [0.25, 0.3) is 0 Å². The van der Waals surface area contributed by atoms with Crippen molar-refractivity contribution in [1.29, 1.82) is 0 Å². The average molecular weight is 275 g/mol. The number of ketones is 1. The van der Waals surface area contributed by atoms with Gasteiger partial charge in [0.15, 0.2) is 5.78 Å². The molecule has 0 amide bonds. The first-order chi connectivity index (χ1) is 9.47. The van der Waals surface area contributed by atoms with Crippen LogP contribution in [-0.2, 0) is 4.79 Å². The topological polar surface area (TPSA) is 57.6 Å². The number of carboxylic acid groups (broad SMARTS) is 1. The van der Waals surface area contributed by atoms with Crippen LogP contribution in [0.15, 0.2) is 18.2 Å². The van der Waals surface area contributed by atoms with E-state index in [2.05, 4.69) is 0 Å². The molecule has 1 aromatic rings. The monoisotopic (exact) mass is 275 g/mol. The fraction of sp³-hybridized carbons (Fsp3) is 0.500. The fourth-order valence-corrected chi connectivity index (χ4v) is 2.61. The molecule has 2 rings (SSSR count). The van der Waals surface area contributed by atoms with Crippen molar-refractivity contribution in [2.45, 2.75) is 26.7 Å². The average Bonchev–Trinajstić information content (AvgIpc) is 2.42. The third kappa shape index (κ3) is 3.45. The number of piperidine rings is 1. The van der Waals surface area contributed by atoms with E-state index in [1.807, 2.05) is 36.9 Å². The van der Waals surface area contributed by atoms with Gasteiger partial charge in [-0.25, -0.2) is 0 Å². The minimum Gasteiger partial charge on any atom is -0.481 e. The predicted molar refractivity (Wildman–Crippen MR) is 77.0 cm³/mol. The van der Waals surface area contributed by atoms with Crippen LogP contribution >= 0.6 is 0 Å². The number of aliphatic carboxylic acids is 1. The largest absolute Gasteiger partial charge is 0.481 e. The zero-order chi connectivity index (χ0) is 14.7. The number of hydrogen-bond donors (Lipinski definition) is 1. The Bertz CT molecular complexity index is 524. The van der Waals surface area contributed by atoms with Crippen LogP contribution in [0.5, 0.6) is 0 Å².